The highest BCUT2D eigenvalue weighted by atomic mass is 32.1. The Morgan fingerprint density at radius 2 is 2.12 bits per heavy atom. The number of amides is 1. The number of likely N-dealkylation sites (tertiary alicyclic amines) is 2. The predicted octanol–water partition coefficient (Wildman–Crippen LogP) is 5.70. The number of rotatable bonds is 10. The molecule has 2 aliphatic rings. The first-order chi connectivity index (χ1) is 23.6. The van der Waals surface area contributed by atoms with Crippen LogP contribution in [-0.4, -0.2) is 97.0 Å². The molecule has 1 amide bonds. The highest BCUT2D eigenvalue weighted by Crippen LogP contribution is 2.47. The second-order valence-electron chi connectivity index (χ2n) is 12.2. The Labute approximate surface area is 286 Å². The lowest BCUT2D eigenvalue weighted by molar-refractivity contribution is -0.127. The predicted molar refractivity (Wildman–Crippen MR) is 186 cm³/mol. The summed E-state index contributed by atoms with van der Waals surface area (Å²) in [5, 5.41) is 11.5. The number of thiophene rings is 1. The number of hydrogen-bond acceptors (Lipinski definition) is 10. The van der Waals surface area contributed by atoms with Crippen molar-refractivity contribution in [3.8, 4) is 23.2 Å². The van der Waals surface area contributed by atoms with Gasteiger partial charge in [-0.05, 0) is 56.7 Å². The summed E-state index contributed by atoms with van der Waals surface area (Å²) in [6, 6.07) is 7.93. The second kappa shape index (κ2) is 13.9. The maximum Gasteiger partial charge on any atom is 0.319 e. The first kappa shape index (κ1) is 34.0. The number of hydrogen-bond donors (Lipinski definition) is 1. The van der Waals surface area contributed by atoms with E-state index < -0.39 is 12.0 Å². The van der Waals surface area contributed by atoms with Crippen LogP contribution >= 0.6 is 11.3 Å². The molecule has 0 aliphatic carbocycles. The Balaban J connectivity index is 1.54. The summed E-state index contributed by atoms with van der Waals surface area (Å²) in [6.07, 6.45) is 1.30. The molecule has 49 heavy (non-hydrogen) atoms. The van der Waals surface area contributed by atoms with Crippen molar-refractivity contribution in [3.63, 3.8) is 0 Å². The van der Waals surface area contributed by atoms with E-state index in [1.165, 1.54) is 12.1 Å². The van der Waals surface area contributed by atoms with E-state index in [-0.39, 0.29) is 64.2 Å². The topological polar surface area (TPSA) is 125 Å². The molecular weight excluding hydrogens is 651 g/mol. The summed E-state index contributed by atoms with van der Waals surface area (Å²) < 4.78 is 41.1. The van der Waals surface area contributed by atoms with E-state index in [1.807, 2.05) is 18.9 Å². The van der Waals surface area contributed by atoms with E-state index in [9.17, 15) is 18.8 Å². The van der Waals surface area contributed by atoms with Gasteiger partial charge in [0.05, 0.1) is 52.1 Å². The number of ether oxygens (including phenoxy) is 2. The fourth-order valence-corrected chi connectivity index (χ4v) is 8.07. The van der Waals surface area contributed by atoms with Crippen molar-refractivity contribution >= 4 is 54.7 Å². The highest BCUT2D eigenvalue weighted by Gasteiger charge is 2.40. The van der Waals surface area contributed by atoms with Crippen molar-refractivity contribution < 1.29 is 23.0 Å². The Bertz CT molecular complexity index is 2020. The van der Waals surface area contributed by atoms with Crippen LogP contribution in [-0.2, 0) is 9.53 Å². The van der Waals surface area contributed by atoms with Gasteiger partial charge in [0.2, 0.25) is 11.6 Å². The lowest BCUT2D eigenvalue weighted by atomic mass is 9.94. The standard InChI is InChI=1S/C35H36F2N8O3S/c1-6-29(46)45-11-10-27(28(45)18-47-5)44(7-2)34-24-12-19(15-38)23(22-8-9-25(37)32-30(22)31(40-3)33(39)49-32)14-26(24)41-35(42-34)48-17-21-13-20(36)16-43(21)4/h6,8-9,12,14,20-21,27-28H,1,7,10-11,13,16-18,39H2,2,4-5H3. The zero-order chi connectivity index (χ0) is 35.0. The van der Waals surface area contributed by atoms with E-state index in [2.05, 4.69) is 22.4 Å². The smallest absolute Gasteiger partial charge is 0.319 e. The third kappa shape index (κ3) is 6.12. The maximum absolute atomic E-state index is 15.0. The summed E-state index contributed by atoms with van der Waals surface area (Å²) >= 11 is 0.987. The normalized spacial score (nSPS) is 20.8. The highest BCUT2D eigenvalue weighted by molar-refractivity contribution is 7.23. The van der Waals surface area contributed by atoms with Gasteiger partial charge in [0.1, 0.15) is 24.4 Å². The van der Waals surface area contributed by atoms with Crippen molar-refractivity contribution in [1.82, 2.24) is 19.8 Å². The lowest BCUT2D eigenvalue weighted by Gasteiger charge is -2.35. The van der Waals surface area contributed by atoms with Crippen molar-refractivity contribution in [2.75, 3.05) is 57.6 Å². The molecule has 14 heteroatoms. The number of fused-ring (bicyclic) bond motifs is 2. The van der Waals surface area contributed by atoms with E-state index in [0.717, 1.165) is 11.3 Å². The molecule has 0 spiro atoms. The number of alkyl halides is 1. The van der Waals surface area contributed by atoms with Gasteiger partial charge in [-0.3, -0.25) is 9.69 Å². The van der Waals surface area contributed by atoms with Gasteiger partial charge >= 0.3 is 6.01 Å². The van der Waals surface area contributed by atoms with E-state index in [4.69, 9.17) is 31.7 Å². The van der Waals surface area contributed by atoms with Crippen LogP contribution in [0.5, 0.6) is 6.01 Å². The molecule has 4 aromatic rings. The van der Waals surface area contributed by atoms with Gasteiger partial charge in [-0.15, -0.1) is 11.3 Å². The number of likely N-dealkylation sites (N-methyl/N-ethyl adjacent to an activating group) is 2. The van der Waals surface area contributed by atoms with Gasteiger partial charge in [-0.1, -0.05) is 12.6 Å². The molecule has 2 fully saturated rings. The number of carbonyl (C=O) groups excluding carboxylic acids is 1. The summed E-state index contributed by atoms with van der Waals surface area (Å²) in [5.41, 5.74) is 7.88. The van der Waals surface area contributed by atoms with Crippen molar-refractivity contribution in [3.05, 3.63) is 59.7 Å². The Hall–Kier alpha value is -4.89. The van der Waals surface area contributed by atoms with Crippen molar-refractivity contribution in [2.45, 2.75) is 44.1 Å². The zero-order valence-corrected chi connectivity index (χ0v) is 28.3. The average Bonchev–Trinajstić information content (AvgIpc) is 3.77. The van der Waals surface area contributed by atoms with E-state index in [0.29, 0.717) is 65.7 Å². The average molecular weight is 687 g/mol. The fourth-order valence-electron chi connectivity index (χ4n) is 7.13. The summed E-state index contributed by atoms with van der Waals surface area (Å²) in [7, 11) is 3.43. The maximum atomic E-state index is 15.0. The van der Waals surface area contributed by atoms with Gasteiger partial charge in [0.15, 0.2) is 0 Å². The van der Waals surface area contributed by atoms with Crippen LogP contribution in [0.15, 0.2) is 36.9 Å². The number of nitrogens with two attached hydrogens (primary N) is 1. The summed E-state index contributed by atoms with van der Waals surface area (Å²) in [5.74, 6) is -0.209. The Kier molecular flexibility index (Phi) is 9.65. The van der Waals surface area contributed by atoms with Gasteiger partial charge in [0, 0.05) is 49.1 Å². The van der Waals surface area contributed by atoms with Crippen LogP contribution in [0, 0.1) is 23.7 Å². The van der Waals surface area contributed by atoms with Crippen LogP contribution in [0.3, 0.4) is 0 Å². The minimum absolute atomic E-state index is 0.0681. The van der Waals surface area contributed by atoms with E-state index >= 15 is 0 Å². The van der Waals surface area contributed by atoms with Gasteiger partial charge in [-0.25, -0.2) is 13.6 Å². The third-order valence-electron chi connectivity index (χ3n) is 9.47. The molecule has 4 unspecified atom stereocenters. The molecule has 0 saturated carbocycles. The number of nitriles is 1. The van der Waals surface area contributed by atoms with Crippen LogP contribution < -0.4 is 15.4 Å². The van der Waals surface area contributed by atoms with Crippen LogP contribution in [0.4, 0.5) is 25.3 Å². The molecule has 2 aromatic carbocycles. The first-order valence-corrected chi connectivity index (χ1v) is 16.7. The van der Waals surface area contributed by atoms with Crippen molar-refractivity contribution in [1.29, 1.82) is 5.26 Å². The molecule has 2 N–H and O–H groups in total. The third-order valence-corrected chi connectivity index (χ3v) is 10.5. The van der Waals surface area contributed by atoms with Gasteiger partial charge in [0.25, 0.3) is 0 Å². The largest absolute Gasteiger partial charge is 0.462 e. The fraction of sp³-hybridized carbons (Fsp3) is 0.400. The molecule has 2 aromatic heterocycles. The van der Waals surface area contributed by atoms with Gasteiger partial charge < -0.3 is 25.0 Å². The minimum atomic E-state index is -0.949. The van der Waals surface area contributed by atoms with E-state index in [1.54, 1.807) is 30.2 Å². The SMILES string of the molecule is [C-]#[N+]c1c(N)sc2c(F)ccc(-c3cc4nc(OCC5CC(F)CN5C)nc(N(CC)C5CCN(C(=O)C=C)C5COC)c4cc3C#N)c12. The second-order valence-corrected chi connectivity index (χ2v) is 13.3. The number of halogens is 2. The number of anilines is 2. The number of benzene rings is 2. The number of methoxy groups -OCH3 is 1. The number of carbonyl (C=O) groups is 1. The number of nitrogens with zero attached hydrogens (tertiary/aromatic N) is 7. The van der Waals surface area contributed by atoms with Crippen LogP contribution in [0.2, 0.25) is 0 Å². The summed E-state index contributed by atoms with van der Waals surface area (Å²) in [6.45, 7) is 15.1. The molecule has 6 rings (SSSR count). The van der Waals surface area contributed by atoms with Crippen LogP contribution in [0.1, 0.15) is 25.3 Å². The molecule has 4 heterocycles. The Morgan fingerprint density at radius 3 is 2.78 bits per heavy atom. The molecule has 254 valence electrons. The summed E-state index contributed by atoms with van der Waals surface area (Å²) in [4.78, 5) is 31.8. The quantitative estimate of drug-likeness (QED) is 0.165. The molecule has 0 bridgehead atoms. The first-order valence-electron chi connectivity index (χ1n) is 15.9. The molecule has 2 aliphatic heterocycles. The molecule has 11 nitrogen and oxygen atoms in total. The molecular formula is C35H36F2N8O3S. The molecule has 0 radical (unpaired) electrons. The monoisotopic (exact) mass is 686 g/mol. The van der Waals surface area contributed by atoms with Crippen LogP contribution in [0.25, 0.3) is 37.0 Å². The minimum Gasteiger partial charge on any atom is -0.462 e. The number of nitrogen functional groups attached to an aromatic ring is 1. The number of aromatic nitrogens is 2. The lowest BCUT2D eigenvalue weighted by Crippen LogP contribution is -2.49. The molecule has 2 saturated heterocycles. The zero-order valence-electron chi connectivity index (χ0n) is 27.4. The Morgan fingerprint density at radius 1 is 1.33 bits per heavy atom. The van der Waals surface area contributed by atoms with Crippen molar-refractivity contribution in [2.24, 2.45) is 0 Å². The molecule has 4 atom stereocenters. The van der Waals surface area contributed by atoms with Gasteiger partial charge in [-0.2, -0.15) is 15.2 Å².